The van der Waals surface area contributed by atoms with Crippen molar-refractivity contribution in [3.63, 3.8) is 0 Å². The Bertz CT molecular complexity index is 918. The molecule has 1 fully saturated rings. The molecule has 0 unspecified atom stereocenters. The number of nitro groups is 1. The Kier molecular flexibility index (Phi) is 3.37. The highest BCUT2D eigenvalue weighted by atomic mass is 16.6. The van der Waals surface area contributed by atoms with Crippen molar-refractivity contribution in [1.82, 2.24) is 19.8 Å². The van der Waals surface area contributed by atoms with Crippen molar-refractivity contribution in [2.24, 2.45) is 0 Å². The molecule has 0 saturated heterocycles. The van der Waals surface area contributed by atoms with Gasteiger partial charge in [-0.3, -0.25) is 10.1 Å². The second kappa shape index (κ2) is 5.55. The van der Waals surface area contributed by atoms with Gasteiger partial charge in [-0.15, -0.1) is 15.3 Å². The Morgan fingerprint density at radius 1 is 1.25 bits per heavy atom. The van der Waals surface area contributed by atoms with Crippen molar-refractivity contribution in [2.75, 3.05) is 4.90 Å². The summed E-state index contributed by atoms with van der Waals surface area (Å²) in [5.74, 6) is 1.50. The molecule has 2 aromatic heterocycles. The minimum Gasteiger partial charge on any atom is -0.348 e. The molecule has 0 atom stereocenters. The van der Waals surface area contributed by atoms with Crippen LogP contribution in [0.1, 0.15) is 24.2 Å². The van der Waals surface area contributed by atoms with Crippen molar-refractivity contribution < 1.29 is 4.92 Å². The maximum Gasteiger partial charge on any atom is 0.274 e. The number of fused-ring (bicyclic) bond motifs is 1. The maximum atomic E-state index is 11.3. The summed E-state index contributed by atoms with van der Waals surface area (Å²) in [4.78, 5) is 13.1. The third-order valence-corrected chi connectivity index (χ3v) is 4.22. The maximum absolute atomic E-state index is 11.3. The highest BCUT2D eigenvalue weighted by molar-refractivity contribution is 5.50. The second-order valence-corrected chi connectivity index (χ2v) is 5.95. The smallest absolute Gasteiger partial charge is 0.274 e. The fraction of sp³-hybridized carbons (Fsp3) is 0.312. The van der Waals surface area contributed by atoms with Crippen LogP contribution in [0.15, 0.2) is 36.4 Å². The minimum atomic E-state index is -0.332. The highest BCUT2D eigenvalue weighted by Gasteiger charge is 2.31. The first kappa shape index (κ1) is 14.6. The molecular weight excluding hydrogens is 308 g/mol. The number of aromatic nitrogens is 4. The van der Waals surface area contributed by atoms with E-state index in [1.165, 1.54) is 0 Å². The molecule has 1 aliphatic rings. The quantitative estimate of drug-likeness (QED) is 0.529. The zero-order valence-corrected chi connectivity index (χ0v) is 13.2. The van der Waals surface area contributed by atoms with E-state index in [1.54, 1.807) is 22.7 Å². The molecule has 8 heteroatoms. The lowest BCUT2D eigenvalue weighted by Gasteiger charge is -2.23. The molecule has 0 spiro atoms. The number of anilines is 1. The summed E-state index contributed by atoms with van der Waals surface area (Å²) in [5, 5.41) is 23.9. The molecule has 1 aliphatic carbocycles. The van der Waals surface area contributed by atoms with Crippen LogP contribution in [0.4, 0.5) is 11.5 Å². The second-order valence-electron chi connectivity index (χ2n) is 5.95. The van der Waals surface area contributed by atoms with Gasteiger partial charge < -0.3 is 4.90 Å². The molecule has 0 radical (unpaired) electrons. The molecule has 0 amide bonds. The SMILES string of the molecule is Cc1nnc2ccc(N(Cc3ccccc3[N+](=O)[O-])C3CC3)nn12. The zero-order chi connectivity index (χ0) is 16.7. The molecule has 1 saturated carbocycles. The topological polar surface area (TPSA) is 89.5 Å². The zero-order valence-electron chi connectivity index (χ0n) is 13.2. The van der Waals surface area contributed by atoms with Crippen LogP contribution in [0.5, 0.6) is 0 Å². The number of nitrogens with zero attached hydrogens (tertiary/aromatic N) is 6. The molecule has 2 heterocycles. The lowest BCUT2D eigenvalue weighted by molar-refractivity contribution is -0.385. The van der Waals surface area contributed by atoms with E-state index in [4.69, 9.17) is 0 Å². The average molecular weight is 324 g/mol. The van der Waals surface area contributed by atoms with Gasteiger partial charge in [0.25, 0.3) is 5.69 Å². The van der Waals surface area contributed by atoms with E-state index in [1.807, 2.05) is 25.1 Å². The predicted molar refractivity (Wildman–Crippen MR) is 87.8 cm³/mol. The minimum absolute atomic E-state index is 0.143. The lowest BCUT2D eigenvalue weighted by Crippen LogP contribution is -2.27. The van der Waals surface area contributed by atoms with Gasteiger partial charge in [-0.1, -0.05) is 18.2 Å². The van der Waals surface area contributed by atoms with Crippen LogP contribution in [-0.4, -0.2) is 30.8 Å². The van der Waals surface area contributed by atoms with E-state index in [2.05, 4.69) is 20.2 Å². The van der Waals surface area contributed by atoms with E-state index in [9.17, 15) is 10.1 Å². The number of nitro benzene ring substituents is 1. The summed E-state index contributed by atoms with van der Waals surface area (Å²) in [5.41, 5.74) is 1.53. The van der Waals surface area contributed by atoms with Gasteiger partial charge in [0.1, 0.15) is 5.82 Å². The molecule has 1 aromatic carbocycles. The largest absolute Gasteiger partial charge is 0.348 e. The summed E-state index contributed by atoms with van der Waals surface area (Å²) >= 11 is 0. The summed E-state index contributed by atoms with van der Waals surface area (Å²) in [6.07, 6.45) is 2.14. The summed E-state index contributed by atoms with van der Waals surface area (Å²) < 4.78 is 1.70. The summed E-state index contributed by atoms with van der Waals surface area (Å²) in [7, 11) is 0. The normalized spacial score (nSPS) is 14.0. The molecule has 0 N–H and O–H groups in total. The standard InChI is InChI=1S/C16H16N6O2/c1-11-17-18-15-8-9-16(19-21(11)15)20(13-6-7-13)10-12-4-2-3-5-14(12)22(23)24/h2-5,8-9,13H,6-7,10H2,1H3. The van der Waals surface area contributed by atoms with Gasteiger partial charge in [-0.05, 0) is 31.9 Å². The Balaban J connectivity index is 1.72. The highest BCUT2D eigenvalue weighted by Crippen LogP contribution is 2.33. The van der Waals surface area contributed by atoms with Crippen LogP contribution in [0, 0.1) is 17.0 Å². The van der Waals surface area contributed by atoms with Crippen LogP contribution in [0.25, 0.3) is 5.65 Å². The molecule has 0 aliphatic heterocycles. The molecule has 0 bridgehead atoms. The third-order valence-electron chi connectivity index (χ3n) is 4.22. The van der Waals surface area contributed by atoms with E-state index in [0.717, 1.165) is 18.7 Å². The number of rotatable bonds is 5. The number of aryl methyl sites for hydroxylation is 1. The first-order valence-corrected chi connectivity index (χ1v) is 7.81. The lowest BCUT2D eigenvalue weighted by atomic mass is 10.1. The predicted octanol–water partition coefficient (Wildman–Crippen LogP) is 2.51. The van der Waals surface area contributed by atoms with Gasteiger partial charge in [-0.2, -0.15) is 4.52 Å². The fourth-order valence-electron chi connectivity index (χ4n) is 2.83. The third kappa shape index (κ3) is 2.55. The number of benzene rings is 1. The Labute approximate surface area is 137 Å². The monoisotopic (exact) mass is 324 g/mol. The van der Waals surface area contributed by atoms with Crippen molar-refractivity contribution in [1.29, 1.82) is 0 Å². The molecule has 3 aromatic rings. The first-order valence-electron chi connectivity index (χ1n) is 7.81. The van der Waals surface area contributed by atoms with Crippen molar-refractivity contribution >= 4 is 17.2 Å². The average Bonchev–Trinajstić information content (AvgIpc) is 3.36. The fourth-order valence-corrected chi connectivity index (χ4v) is 2.83. The van der Waals surface area contributed by atoms with E-state index in [0.29, 0.717) is 29.6 Å². The van der Waals surface area contributed by atoms with Gasteiger partial charge >= 0.3 is 0 Å². The first-order chi connectivity index (χ1) is 11.6. The van der Waals surface area contributed by atoms with E-state index >= 15 is 0 Å². The van der Waals surface area contributed by atoms with Crippen LogP contribution < -0.4 is 4.90 Å². The van der Waals surface area contributed by atoms with Gasteiger partial charge in [-0.25, -0.2) is 0 Å². The number of hydrogen-bond acceptors (Lipinski definition) is 6. The van der Waals surface area contributed by atoms with Gasteiger partial charge in [0, 0.05) is 17.7 Å². The van der Waals surface area contributed by atoms with Gasteiger partial charge in [0.15, 0.2) is 11.5 Å². The Morgan fingerprint density at radius 2 is 2.04 bits per heavy atom. The van der Waals surface area contributed by atoms with Crippen molar-refractivity contribution in [3.8, 4) is 0 Å². The molecule has 8 nitrogen and oxygen atoms in total. The Hall–Kier alpha value is -3.03. The Morgan fingerprint density at radius 3 is 2.79 bits per heavy atom. The van der Waals surface area contributed by atoms with Gasteiger partial charge in [0.05, 0.1) is 11.5 Å². The van der Waals surface area contributed by atoms with Crippen LogP contribution in [0.3, 0.4) is 0 Å². The van der Waals surface area contributed by atoms with Crippen molar-refractivity contribution in [2.45, 2.75) is 32.4 Å². The van der Waals surface area contributed by atoms with E-state index in [-0.39, 0.29) is 10.6 Å². The molecule has 122 valence electrons. The summed E-state index contributed by atoms with van der Waals surface area (Å²) in [6.45, 7) is 2.31. The molecule has 24 heavy (non-hydrogen) atoms. The van der Waals surface area contributed by atoms with Crippen LogP contribution in [0.2, 0.25) is 0 Å². The van der Waals surface area contributed by atoms with Crippen LogP contribution >= 0.6 is 0 Å². The number of para-hydroxylation sites is 1. The van der Waals surface area contributed by atoms with Crippen LogP contribution in [-0.2, 0) is 6.54 Å². The van der Waals surface area contributed by atoms with E-state index < -0.39 is 0 Å². The summed E-state index contributed by atoms with van der Waals surface area (Å²) in [6, 6.07) is 11.0. The van der Waals surface area contributed by atoms with Gasteiger partial charge in [0.2, 0.25) is 0 Å². The van der Waals surface area contributed by atoms with Crippen molar-refractivity contribution in [3.05, 3.63) is 57.9 Å². The molecular formula is C16H16N6O2. The number of hydrogen-bond donors (Lipinski definition) is 0. The molecule has 4 rings (SSSR count).